The van der Waals surface area contributed by atoms with Crippen molar-refractivity contribution in [3.05, 3.63) is 40.5 Å². The Balaban J connectivity index is 1.85. The largest absolute Gasteiger partial charge is 0.365 e. The summed E-state index contributed by atoms with van der Waals surface area (Å²) in [5, 5.41) is 16.0. The molecule has 1 aliphatic carbocycles. The van der Waals surface area contributed by atoms with E-state index < -0.39 is 0 Å². The van der Waals surface area contributed by atoms with E-state index in [9.17, 15) is 5.26 Å². The highest BCUT2D eigenvalue weighted by molar-refractivity contribution is 9.10. The van der Waals surface area contributed by atoms with Crippen molar-refractivity contribution >= 4 is 27.4 Å². The molecule has 0 bridgehead atoms. The number of halogens is 1. The fraction of sp³-hybridized carbons (Fsp3) is 0.294. The van der Waals surface area contributed by atoms with Gasteiger partial charge in [-0.3, -0.25) is 5.10 Å². The van der Waals surface area contributed by atoms with Crippen LogP contribution in [0.5, 0.6) is 0 Å². The average molecular weight is 370 g/mol. The van der Waals surface area contributed by atoms with Crippen LogP contribution in [-0.2, 0) is 0 Å². The molecule has 0 atom stereocenters. The van der Waals surface area contributed by atoms with E-state index in [1.807, 2.05) is 28.8 Å². The van der Waals surface area contributed by atoms with E-state index in [1.165, 1.54) is 25.7 Å². The highest BCUT2D eigenvalue weighted by Gasteiger charge is 2.22. The normalized spacial score (nSPS) is 15.1. The fourth-order valence-corrected chi connectivity index (χ4v) is 3.47. The molecule has 1 aliphatic rings. The Kier molecular flexibility index (Phi) is 3.58. The van der Waals surface area contributed by atoms with Crippen LogP contribution in [0.3, 0.4) is 0 Å². The predicted molar refractivity (Wildman–Crippen MR) is 93.3 cm³/mol. The third-order valence-corrected chi connectivity index (χ3v) is 4.92. The minimum absolute atomic E-state index is 0.470. The highest BCUT2D eigenvalue weighted by atomic mass is 79.9. The van der Waals surface area contributed by atoms with E-state index in [2.05, 4.69) is 32.4 Å². The van der Waals surface area contributed by atoms with Crippen molar-refractivity contribution in [2.24, 2.45) is 0 Å². The zero-order chi connectivity index (χ0) is 15.8. The Labute approximate surface area is 142 Å². The lowest BCUT2D eigenvalue weighted by molar-refractivity contribution is 0.744. The topological polar surface area (TPSA) is 68.9 Å². The Morgan fingerprint density at radius 2 is 2.00 bits per heavy atom. The van der Waals surface area contributed by atoms with Gasteiger partial charge in [-0.05, 0) is 25.0 Å². The Hall–Kier alpha value is -2.26. The maximum atomic E-state index is 9.27. The number of anilines is 1. The first-order valence-corrected chi connectivity index (χ1v) is 8.58. The number of nitriles is 1. The maximum absolute atomic E-state index is 9.27. The summed E-state index contributed by atoms with van der Waals surface area (Å²) >= 11 is 3.47. The van der Waals surface area contributed by atoms with Crippen LogP contribution in [0.25, 0.3) is 16.9 Å². The van der Waals surface area contributed by atoms with E-state index in [-0.39, 0.29) is 0 Å². The number of hydrogen-bond donors (Lipinski definition) is 2. The molecule has 3 aromatic rings. The maximum Gasteiger partial charge on any atom is 0.173 e. The van der Waals surface area contributed by atoms with Crippen LogP contribution >= 0.6 is 15.9 Å². The standard InChI is InChI=1S/C17H16BrN5/c18-13-7-5-11(6-8-13)15-17(21-14-3-1-2-4-14)23-16(22-15)12(9-19)10-20-23/h5-8,10,14,20-21H,1-4H2. The van der Waals surface area contributed by atoms with E-state index in [0.29, 0.717) is 17.3 Å². The number of imidazole rings is 1. The molecule has 5 nitrogen and oxygen atoms in total. The number of aromatic amines is 1. The number of rotatable bonds is 3. The lowest BCUT2D eigenvalue weighted by Gasteiger charge is -2.14. The molecule has 2 heterocycles. The number of aromatic nitrogens is 3. The van der Waals surface area contributed by atoms with Crippen LogP contribution in [0.1, 0.15) is 31.2 Å². The first-order valence-electron chi connectivity index (χ1n) is 7.78. The third kappa shape index (κ3) is 2.51. The number of nitrogens with one attached hydrogen (secondary N) is 2. The van der Waals surface area contributed by atoms with Gasteiger partial charge >= 0.3 is 0 Å². The first kappa shape index (κ1) is 14.3. The molecule has 0 spiro atoms. The summed E-state index contributed by atoms with van der Waals surface area (Å²) in [6, 6.07) is 10.8. The molecule has 2 N–H and O–H groups in total. The van der Waals surface area contributed by atoms with Crippen LogP contribution in [0.2, 0.25) is 0 Å². The van der Waals surface area contributed by atoms with Gasteiger partial charge in [0.1, 0.15) is 17.3 Å². The molecular formula is C17H16BrN5. The van der Waals surface area contributed by atoms with Crippen molar-refractivity contribution in [1.82, 2.24) is 14.6 Å². The highest BCUT2D eigenvalue weighted by Crippen LogP contribution is 2.32. The van der Waals surface area contributed by atoms with Gasteiger partial charge in [-0.25, -0.2) is 9.50 Å². The molecule has 0 radical (unpaired) electrons. The van der Waals surface area contributed by atoms with Gasteiger partial charge in [0, 0.05) is 22.3 Å². The molecule has 6 heteroatoms. The van der Waals surface area contributed by atoms with Gasteiger partial charge in [0.25, 0.3) is 0 Å². The minimum atomic E-state index is 0.470. The summed E-state index contributed by atoms with van der Waals surface area (Å²) in [5.41, 5.74) is 3.15. The fourth-order valence-electron chi connectivity index (χ4n) is 3.21. The van der Waals surface area contributed by atoms with Crippen molar-refractivity contribution < 1.29 is 0 Å². The van der Waals surface area contributed by atoms with Gasteiger partial charge in [0.15, 0.2) is 11.5 Å². The van der Waals surface area contributed by atoms with Gasteiger partial charge in [-0.1, -0.05) is 40.9 Å². The number of nitrogens with zero attached hydrogens (tertiary/aromatic N) is 3. The van der Waals surface area contributed by atoms with Crippen molar-refractivity contribution in [2.45, 2.75) is 31.7 Å². The van der Waals surface area contributed by atoms with E-state index in [1.54, 1.807) is 6.20 Å². The second-order valence-electron chi connectivity index (χ2n) is 5.90. The summed E-state index contributed by atoms with van der Waals surface area (Å²) < 4.78 is 2.92. The molecular weight excluding hydrogens is 354 g/mol. The average Bonchev–Trinajstić information content (AvgIpc) is 3.26. The van der Waals surface area contributed by atoms with Gasteiger partial charge < -0.3 is 5.32 Å². The monoisotopic (exact) mass is 369 g/mol. The van der Waals surface area contributed by atoms with Crippen LogP contribution in [-0.4, -0.2) is 20.6 Å². The molecule has 0 saturated heterocycles. The zero-order valence-electron chi connectivity index (χ0n) is 12.5. The number of fused-ring (bicyclic) bond motifs is 1. The van der Waals surface area contributed by atoms with Gasteiger partial charge in [0.05, 0.1) is 0 Å². The van der Waals surface area contributed by atoms with Crippen LogP contribution in [0.15, 0.2) is 34.9 Å². The predicted octanol–water partition coefficient (Wildman–Crippen LogP) is 4.32. The Morgan fingerprint density at radius 1 is 1.26 bits per heavy atom. The Bertz CT molecular complexity index is 878. The van der Waals surface area contributed by atoms with Crippen LogP contribution < -0.4 is 5.32 Å². The quantitative estimate of drug-likeness (QED) is 0.722. The minimum Gasteiger partial charge on any atom is -0.365 e. The van der Waals surface area contributed by atoms with Crippen molar-refractivity contribution in [1.29, 1.82) is 5.26 Å². The summed E-state index contributed by atoms with van der Waals surface area (Å²) in [4.78, 5) is 4.72. The smallest absolute Gasteiger partial charge is 0.173 e. The van der Waals surface area contributed by atoms with Crippen molar-refractivity contribution in [3.8, 4) is 17.3 Å². The third-order valence-electron chi connectivity index (χ3n) is 4.39. The first-order chi connectivity index (χ1) is 11.3. The molecule has 116 valence electrons. The number of H-pyrrole nitrogens is 1. The van der Waals surface area contributed by atoms with Crippen molar-refractivity contribution in [3.63, 3.8) is 0 Å². The summed E-state index contributed by atoms with van der Waals surface area (Å²) in [7, 11) is 0. The summed E-state index contributed by atoms with van der Waals surface area (Å²) in [6.45, 7) is 0. The van der Waals surface area contributed by atoms with Gasteiger partial charge in [0.2, 0.25) is 0 Å². The molecule has 0 amide bonds. The molecule has 0 aliphatic heterocycles. The summed E-state index contributed by atoms with van der Waals surface area (Å²) in [5.74, 6) is 0.940. The van der Waals surface area contributed by atoms with Gasteiger partial charge in [-0.15, -0.1) is 0 Å². The van der Waals surface area contributed by atoms with E-state index in [4.69, 9.17) is 4.98 Å². The molecule has 1 aromatic carbocycles. The van der Waals surface area contributed by atoms with Crippen LogP contribution in [0.4, 0.5) is 5.82 Å². The van der Waals surface area contributed by atoms with Gasteiger partial charge in [-0.2, -0.15) is 5.26 Å². The molecule has 23 heavy (non-hydrogen) atoms. The number of hydrogen-bond acceptors (Lipinski definition) is 3. The SMILES string of the molecule is N#Cc1c[nH]n2c(NC3CCCC3)c(-c3ccc(Br)cc3)nc12. The molecule has 2 aromatic heterocycles. The zero-order valence-corrected chi connectivity index (χ0v) is 14.1. The van der Waals surface area contributed by atoms with E-state index >= 15 is 0 Å². The molecule has 1 saturated carbocycles. The van der Waals surface area contributed by atoms with Crippen molar-refractivity contribution in [2.75, 3.05) is 5.32 Å². The lowest BCUT2D eigenvalue weighted by Crippen LogP contribution is -2.16. The summed E-state index contributed by atoms with van der Waals surface area (Å²) in [6.07, 6.45) is 6.59. The lowest BCUT2D eigenvalue weighted by atomic mass is 10.1. The Morgan fingerprint density at radius 3 is 2.70 bits per heavy atom. The second-order valence-corrected chi connectivity index (χ2v) is 6.82. The molecule has 1 fully saturated rings. The number of benzene rings is 1. The van der Waals surface area contributed by atoms with Crippen LogP contribution in [0, 0.1) is 11.3 Å². The molecule has 0 unspecified atom stereocenters. The molecule has 4 rings (SSSR count). The second kappa shape index (κ2) is 5.74. The van der Waals surface area contributed by atoms with E-state index in [0.717, 1.165) is 21.5 Å².